The van der Waals surface area contributed by atoms with Crippen molar-refractivity contribution >= 4 is 0 Å². The quantitative estimate of drug-likeness (QED) is 0.681. The zero-order valence-corrected chi connectivity index (χ0v) is 9.05. The molecule has 0 rings (SSSR count). The highest BCUT2D eigenvalue weighted by molar-refractivity contribution is 4.91. The van der Waals surface area contributed by atoms with Crippen LogP contribution in [0.3, 0.4) is 0 Å². The third-order valence-electron chi connectivity index (χ3n) is 1.92. The van der Waals surface area contributed by atoms with Gasteiger partial charge in [0.1, 0.15) is 0 Å². The molecule has 0 aliphatic rings. The molecule has 0 radical (unpaired) electrons. The first-order valence-corrected chi connectivity index (χ1v) is 4.69. The molecule has 76 valence electrons. The maximum Gasteiger partial charge on any atom is 0.0684 e. The molecule has 0 heterocycles. The smallest absolute Gasteiger partial charge is 0.0684 e. The Morgan fingerprint density at radius 1 is 1.54 bits per heavy atom. The Labute approximate surface area is 81.1 Å². The minimum absolute atomic E-state index is 0.222. The second-order valence-corrected chi connectivity index (χ2v) is 3.98. The molecule has 1 N–H and O–H groups in total. The van der Waals surface area contributed by atoms with E-state index in [0.29, 0.717) is 6.61 Å². The first-order chi connectivity index (χ1) is 6.02. The molecular weight excluding hydrogens is 164 g/mol. The van der Waals surface area contributed by atoms with Crippen LogP contribution < -0.4 is 5.32 Å². The number of hydrogen-bond donors (Lipinski definition) is 1. The van der Waals surface area contributed by atoms with Crippen molar-refractivity contribution in [3.05, 3.63) is 0 Å². The molecule has 3 nitrogen and oxygen atoms in total. The van der Waals surface area contributed by atoms with Gasteiger partial charge >= 0.3 is 0 Å². The summed E-state index contributed by atoms with van der Waals surface area (Å²) in [4.78, 5) is 0. The zero-order valence-electron chi connectivity index (χ0n) is 9.05. The number of ether oxygens (including phenoxy) is 1. The monoisotopic (exact) mass is 184 g/mol. The van der Waals surface area contributed by atoms with E-state index in [4.69, 9.17) is 10.00 Å². The molecule has 0 aromatic heterocycles. The fourth-order valence-electron chi connectivity index (χ4n) is 0.918. The molecule has 1 unspecified atom stereocenters. The lowest BCUT2D eigenvalue weighted by Gasteiger charge is -2.17. The van der Waals surface area contributed by atoms with Crippen molar-refractivity contribution in [2.45, 2.75) is 33.3 Å². The number of rotatable bonds is 6. The second kappa shape index (κ2) is 5.95. The summed E-state index contributed by atoms with van der Waals surface area (Å²) in [6.07, 6.45) is 1.01. The van der Waals surface area contributed by atoms with Gasteiger partial charge in [0.15, 0.2) is 0 Å². The Morgan fingerprint density at radius 2 is 2.15 bits per heavy atom. The average Bonchev–Trinajstić information content (AvgIpc) is 2.05. The minimum atomic E-state index is -0.265. The van der Waals surface area contributed by atoms with Crippen LogP contribution in [0.4, 0.5) is 0 Å². The number of nitrogens with one attached hydrogen (secondary N) is 1. The highest BCUT2D eigenvalue weighted by Gasteiger charge is 2.16. The van der Waals surface area contributed by atoms with Gasteiger partial charge in [-0.3, -0.25) is 0 Å². The Bertz CT molecular complexity index is 172. The molecule has 0 aliphatic carbocycles. The van der Waals surface area contributed by atoms with E-state index >= 15 is 0 Å². The van der Waals surface area contributed by atoms with Crippen molar-refractivity contribution in [2.24, 2.45) is 5.41 Å². The number of nitriles is 1. The van der Waals surface area contributed by atoms with Crippen LogP contribution in [0.5, 0.6) is 0 Å². The van der Waals surface area contributed by atoms with Crippen molar-refractivity contribution in [1.29, 1.82) is 5.26 Å². The van der Waals surface area contributed by atoms with Crippen LogP contribution in [0.25, 0.3) is 0 Å². The van der Waals surface area contributed by atoms with Gasteiger partial charge in [-0.15, -0.1) is 0 Å². The van der Waals surface area contributed by atoms with Crippen LogP contribution in [0.1, 0.15) is 27.2 Å². The minimum Gasteiger partial charge on any atom is -0.377 e. The third kappa shape index (κ3) is 6.56. The lowest BCUT2D eigenvalue weighted by Crippen LogP contribution is -2.25. The molecule has 0 spiro atoms. The van der Waals surface area contributed by atoms with Gasteiger partial charge in [0.2, 0.25) is 0 Å². The summed E-state index contributed by atoms with van der Waals surface area (Å²) in [6, 6.07) is 2.25. The molecule has 0 aromatic rings. The number of nitrogens with zero attached hydrogens (tertiary/aromatic N) is 1. The maximum atomic E-state index is 8.74. The predicted octanol–water partition coefficient (Wildman–Crippen LogP) is 1.55. The van der Waals surface area contributed by atoms with Gasteiger partial charge in [0.05, 0.1) is 17.6 Å². The van der Waals surface area contributed by atoms with Crippen LogP contribution in [-0.2, 0) is 4.74 Å². The molecule has 0 bridgehead atoms. The van der Waals surface area contributed by atoms with Gasteiger partial charge in [-0.1, -0.05) is 0 Å². The first-order valence-electron chi connectivity index (χ1n) is 4.69. The summed E-state index contributed by atoms with van der Waals surface area (Å²) in [7, 11) is 1.90. The van der Waals surface area contributed by atoms with E-state index in [9.17, 15) is 0 Å². The fourth-order valence-corrected chi connectivity index (χ4v) is 0.918. The number of likely N-dealkylation sites (N-methyl/N-ethyl adjacent to an activating group) is 1. The molecule has 0 aromatic carbocycles. The lowest BCUT2D eigenvalue weighted by atomic mass is 9.92. The van der Waals surface area contributed by atoms with Crippen LogP contribution in [-0.4, -0.2) is 26.3 Å². The van der Waals surface area contributed by atoms with E-state index in [1.165, 1.54) is 0 Å². The highest BCUT2D eigenvalue weighted by Crippen LogP contribution is 2.18. The van der Waals surface area contributed by atoms with Crippen molar-refractivity contribution < 1.29 is 4.74 Å². The molecule has 1 atom stereocenters. The summed E-state index contributed by atoms with van der Waals surface area (Å²) in [5, 5.41) is 11.8. The Kier molecular flexibility index (Phi) is 5.68. The zero-order chi connectivity index (χ0) is 10.3. The molecule has 0 saturated heterocycles. The lowest BCUT2D eigenvalue weighted by molar-refractivity contribution is 0.0544. The van der Waals surface area contributed by atoms with Crippen LogP contribution in [0, 0.1) is 16.7 Å². The average molecular weight is 184 g/mol. The summed E-state index contributed by atoms with van der Waals surface area (Å²) >= 11 is 0. The summed E-state index contributed by atoms with van der Waals surface area (Å²) in [6.45, 7) is 7.39. The summed E-state index contributed by atoms with van der Waals surface area (Å²) < 4.78 is 5.51. The van der Waals surface area contributed by atoms with E-state index in [0.717, 1.165) is 13.0 Å². The molecule has 3 heteroatoms. The van der Waals surface area contributed by atoms with Gasteiger partial charge in [-0.05, 0) is 34.2 Å². The largest absolute Gasteiger partial charge is 0.377 e. The van der Waals surface area contributed by atoms with Crippen molar-refractivity contribution in [1.82, 2.24) is 5.32 Å². The van der Waals surface area contributed by atoms with Gasteiger partial charge in [0, 0.05) is 13.2 Å². The Morgan fingerprint density at radius 3 is 2.62 bits per heavy atom. The SMILES string of the molecule is CNCC(C)OCCC(C)(C)C#N. The first kappa shape index (κ1) is 12.4. The molecule has 13 heavy (non-hydrogen) atoms. The molecule has 0 amide bonds. The maximum absolute atomic E-state index is 8.74. The van der Waals surface area contributed by atoms with E-state index < -0.39 is 0 Å². The van der Waals surface area contributed by atoms with Crippen LogP contribution in [0.2, 0.25) is 0 Å². The van der Waals surface area contributed by atoms with Gasteiger partial charge in [-0.2, -0.15) is 5.26 Å². The van der Waals surface area contributed by atoms with Crippen LogP contribution in [0.15, 0.2) is 0 Å². The Hall–Kier alpha value is -0.590. The normalized spacial score (nSPS) is 13.8. The van der Waals surface area contributed by atoms with Gasteiger partial charge in [0.25, 0.3) is 0 Å². The molecular formula is C10H20N2O. The van der Waals surface area contributed by atoms with Crippen molar-refractivity contribution in [2.75, 3.05) is 20.2 Å². The predicted molar refractivity (Wildman–Crippen MR) is 53.4 cm³/mol. The van der Waals surface area contributed by atoms with Crippen LogP contribution >= 0.6 is 0 Å². The molecule has 0 aliphatic heterocycles. The van der Waals surface area contributed by atoms with E-state index in [1.807, 2.05) is 27.8 Å². The molecule has 0 saturated carbocycles. The standard InChI is InChI=1S/C10H20N2O/c1-9(7-12-4)13-6-5-10(2,3)8-11/h9,12H,5-7H2,1-4H3. The van der Waals surface area contributed by atoms with E-state index in [2.05, 4.69) is 11.4 Å². The third-order valence-corrected chi connectivity index (χ3v) is 1.92. The van der Waals surface area contributed by atoms with E-state index in [-0.39, 0.29) is 11.5 Å². The summed E-state index contributed by atoms with van der Waals surface area (Å²) in [5.41, 5.74) is -0.265. The summed E-state index contributed by atoms with van der Waals surface area (Å²) in [5.74, 6) is 0. The van der Waals surface area contributed by atoms with Gasteiger partial charge in [-0.25, -0.2) is 0 Å². The number of hydrogen-bond acceptors (Lipinski definition) is 3. The fraction of sp³-hybridized carbons (Fsp3) is 0.900. The Balaban J connectivity index is 3.51. The van der Waals surface area contributed by atoms with Crippen molar-refractivity contribution in [3.63, 3.8) is 0 Å². The molecule has 0 fully saturated rings. The van der Waals surface area contributed by atoms with E-state index in [1.54, 1.807) is 0 Å². The topological polar surface area (TPSA) is 45.0 Å². The van der Waals surface area contributed by atoms with Gasteiger partial charge < -0.3 is 10.1 Å². The highest BCUT2D eigenvalue weighted by atomic mass is 16.5. The van der Waals surface area contributed by atoms with Crippen molar-refractivity contribution in [3.8, 4) is 6.07 Å². The second-order valence-electron chi connectivity index (χ2n) is 3.98.